The van der Waals surface area contributed by atoms with Crippen LogP contribution < -0.4 is 5.32 Å². The maximum absolute atomic E-state index is 4.67. The van der Waals surface area contributed by atoms with Gasteiger partial charge in [-0.2, -0.15) is 0 Å². The first-order valence-electron chi connectivity index (χ1n) is 9.14. The molecule has 3 nitrogen and oxygen atoms in total. The van der Waals surface area contributed by atoms with Crippen molar-refractivity contribution in [1.82, 2.24) is 14.9 Å². The van der Waals surface area contributed by atoms with Crippen molar-refractivity contribution in [2.24, 2.45) is 5.92 Å². The minimum absolute atomic E-state index is 0.644. The topological polar surface area (TPSA) is 29.9 Å². The molecule has 1 heterocycles. The summed E-state index contributed by atoms with van der Waals surface area (Å²) in [6, 6.07) is 0.644. The van der Waals surface area contributed by atoms with Crippen LogP contribution in [0.1, 0.15) is 69.7 Å². The monoisotopic (exact) mass is 289 g/mol. The van der Waals surface area contributed by atoms with Crippen molar-refractivity contribution < 1.29 is 0 Å². The molecule has 0 saturated heterocycles. The number of nitrogens with one attached hydrogen (secondary N) is 1. The van der Waals surface area contributed by atoms with Gasteiger partial charge < -0.3 is 9.88 Å². The second kappa shape index (κ2) is 7.44. The molecule has 0 radical (unpaired) electrons. The number of aromatic nitrogens is 2. The molecule has 2 aliphatic carbocycles. The summed E-state index contributed by atoms with van der Waals surface area (Å²) in [6.45, 7) is 4.55. The molecule has 1 unspecified atom stereocenters. The van der Waals surface area contributed by atoms with E-state index in [9.17, 15) is 0 Å². The first-order chi connectivity index (χ1) is 10.4. The third kappa shape index (κ3) is 3.68. The average molecular weight is 289 g/mol. The standard InChI is InChI=1S/C18H31N3/c1-2-12-19-17(15-8-4-3-5-9-15)13-21-14-20-16-10-6-7-11-18(16)21/h14-15,17,19H,2-13H2,1H3. The lowest BCUT2D eigenvalue weighted by Gasteiger charge is -2.32. The summed E-state index contributed by atoms with van der Waals surface area (Å²) in [5, 5.41) is 3.84. The molecule has 1 N–H and O–H groups in total. The predicted octanol–water partition coefficient (Wildman–Crippen LogP) is 3.71. The van der Waals surface area contributed by atoms with E-state index in [1.807, 2.05) is 0 Å². The molecule has 1 fully saturated rings. The van der Waals surface area contributed by atoms with E-state index in [1.54, 1.807) is 0 Å². The van der Waals surface area contributed by atoms with E-state index in [1.165, 1.54) is 75.6 Å². The zero-order chi connectivity index (χ0) is 14.5. The first-order valence-corrected chi connectivity index (χ1v) is 9.14. The molecular weight excluding hydrogens is 258 g/mol. The van der Waals surface area contributed by atoms with Crippen LogP contribution in [0, 0.1) is 5.92 Å². The van der Waals surface area contributed by atoms with Crippen LogP contribution in [0.4, 0.5) is 0 Å². The number of hydrogen-bond donors (Lipinski definition) is 1. The summed E-state index contributed by atoms with van der Waals surface area (Å²) in [5.74, 6) is 0.868. The number of aryl methyl sites for hydroxylation is 1. The largest absolute Gasteiger partial charge is 0.333 e. The quantitative estimate of drug-likeness (QED) is 0.865. The maximum Gasteiger partial charge on any atom is 0.0952 e. The molecule has 0 bridgehead atoms. The fourth-order valence-corrected chi connectivity index (χ4v) is 4.15. The molecule has 0 spiro atoms. The van der Waals surface area contributed by atoms with E-state index in [4.69, 9.17) is 0 Å². The third-order valence-electron chi connectivity index (χ3n) is 5.38. The van der Waals surface area contributed by atoms with Gasteiger partial charge in [0.05, 0.1) is 12.0 Å². The van der Waals surface area contributed by atoms with Crippen LogP contribution in [-0.4, -0.2) is 22.1 Å². The summed E-state index contributed by atoms with van der Waals surface area (Å²) in [7, 11) is 0. The van der Waals surface area contributed by atoms with Crippen LogP contribution in [0.5, 0.6) is 0 Å². The van der Waals surface area contributed by atoms with Gasteiger partial charge in [-0.1, -0.05) is 26.2 Å². The number of nitrogens with zero attached hydrogens (tertiary/aromatic N) is 2. The number of fused-ring (bicyclic) bond motifs is 1. The van der Waals surface area contributed by atoms with Gasteiger partial charge in [-0.25, -0.2) is 4.98 Å². The predicted molar refractivity (Wildman–Crippen MR) is 87.5 cm³/mol. The van der Waals surface area contributed by atoms with Crippen molar-refractivity contribution in [2.45, 2.75) is 83.7 Å². The Bertz CT molecular complexity index is 432. The second-order valence-electron chi connectivity index (χ2n) is 6.96. The molecule has 0 aromatic carbocycles. The second-order valence-corrected chi connectivity index (χ2v) is 6.96. The van der Waals surface area contributed by atoms with Crippen molar-refractivity contribution in [2.75, 3.05) is 6.54 Å². The van der Waals surface area contributed by atoms with Gasteiger partial charge in [-0.05, 0) is 57.4 Å². The summed E-state index contributed by atoms with van der Waals surface area (Å²) in [6.07, 6.45) is 15.6. The molecule has 1 aromatic rings. The van der Waals surface area contributed by atoms with E-state index in [2.05, 4.69) is 28.1 Å². The smallest absolute Gasteiger partial charge is 0.0952 e. The molecule has 118 valence electrons. The van der Waals surface area contributed by atoms with Gasteiger partial charge in [0.25, 0.3) is 0 Å². The van der Waals surface area contributed by atoms with Crippen molar-refractivity contribution in [3.8, 4) is 0 Å². The number of imidazole rings is 1. The Kier molecular flexibility index (Phi) is 5.34. The zero-order valence-corrected chi connectivity index (χ0v) is 13.6. The van der Waals surface area contributed by atoms with E-state index < -0.39 is 0 Å². The van der Waals surface area contributed by atoms with Gasteiger partial charge in [0.15, 0.2) is 0 Å². The molecule has 1 saturated carbocycles. The van der Waals surface area contributed by atoms with Crippen LogP contribution in [-0.2, 0) is 19.4 Å². The Labute approximate surface area is 129 Å². The highest BCUT2D eigenvalue weighted by atomic mass is 15.1. The normalized spacial score (nSPS) is 21.2. The van der Waals surface area contributed by atoms with E-state index >= 15 is 0 Å². The molecule has 21 heavy (non-hydrogen) atoms. The van der Waals surface area contributed by atoms with Crippen molar-refractivity contribution >= 4 is 0 Å². The Morgan fingerprint density at radius 2 is 2.00 bits per heavy atom. The average Bonchev–Trinajstić information content (AvgIpc) is 2.95. The van der Waals surface area contributed by atoms with Gasteiger partial charge in [-0.3, -0.25) is 0 Å². The van der Waals surface area contributed by atoms with Crippen LogP contribution >= 0.6 is 0 Å². The third-order valence-corrected chi connectivity index (χ3v) is 5.38. The highest BCUT2D eigenvalue weighted by molar-refractivity contribution is 5.16. The highest BCUT2D eigenvalue weighted by Gasteiger charge is 2.25. The van der Waals surface area contributed by atoms with Crippen LogP contribution in [0.2, 0.25) is 0 Å². The van der Waals surface area contributed by atoms with Crippen LogP contribution in [0.3, 0.4) is 0 Å². The minimum Gasteiger partial charge on any atom is -0.333 e. The highest BCUT2D eigenvalue weighted by Crippen LogP contribution is 2.28. The summed E-state index contributed by atoms with van der Waals surface area (Å²) in [4.78, 5) is 4.67. The fraction of sp³-hybridized carbons (Fsp3) is 0.833. The van der Waals surface area contributed by atoms with Gasteiger partial charge in [-0.15, -0.1) is 0 Å². The Hall–Kier alpha value is -0.830. The molecule has 0 aliphatic heterocycles. The molecule has 3 rings (SSSR count). The summed E-state index contributed by atoms with van der Waals surface area (Å²) < 4.78 is 2.47. The van der Waals surface area contributed by atoms with Gasteiger partial charge in [0, 0.05) is 18.3 Å². The van der Waals surface area contributed by atoms with Crippen molar-refractivity contribution in [3.63, 3.8) is 0 Å². The minimum atomic E-state index is 0.644. The number of hydrogen-bond acceptors (Lipinski definition) is 2. The lowest BCUT2D eigenvalue weighted by Crippen LogP contribution is -2.41. The molecular formula is C18H31N3. The lowest BCUT2D eigenvalue weighted by molar-refractivity contribution is 0.246. The Morgan fingerprint density at radius 3 is 2.81 bits per heavy atom. The Balaban J connectivity index is 1.69. The zero-order valence-electron chi connectivity index (χ0n) is 13.6. The molecule has 2 aliphatic rings. The van der Waals surface area contributed by atoms with Crippen LogP contribution in [0.25, 0.3) is 0 Å². The van der Waals surface area contributed by atoms with Gasteiger partial charge in [0.2, 0.25) is 0 Å². The first kappa shape index (κ1) is 15.1. The van der Waals surface area contributed by atoms with Gasteiger partial charge in [0.1, 0.15) is 0 Å². The molecule has 1 aromatic heterocycles. The van der Waals surface area contributed by atoms with Crippen LogP contribution in [0.15, 0.2) is 6.33 Å². The summed E-state index contributed by atoms with van der Waals surface area (Å²) >= 11 is 0. The van der Waals surface area contributed by atoms with E-state index in [-0.39, 0.29) is 0 Å². The molecule has 0 amide bonds. The SMILES string of the molecule is CCCNC(Cn1cnc2c1CCCC2)C1CCCCC1. The van der Waals surface area contributed by atoms with Gasteiger partial charge >= 0.3 is 0 Å². The molecule has 1 atom stereocenters. The lowest BCUT2D eigenvalue weighted by atomic mass is 9.83. The summed E-state index contributed by atoms with van der Waals surface area (Å²) in [5.41, 5.74) is 2.90. The van der Waals surface area contributed by atoms with Crippen molar-refractivity contribution in [3.05, 3.63) is 17.7 Å². The van der Waals surface area contributed by atoms with E-state index in [0.717, 1.165) is 19.0 Å². The maximum atomic E-state index is 4.67. The van der Waals surface area contributed by atoms with E-state index in [0.29, 0.717) is 6.04 Å². The molecule has 3 heteroatoms. The number of rotatable bonds is 6. The van der Waals surface area contributed by atoms with Crippen molar-refractivity contribution in [1.29, 1.82) is 0 Å². The fourth-order valence-electron chi connectivity index (χ4n) is 4.15. The Morgan fingerprint density at radius 1 is 1.19 bits per heavy atom.